The average Bonchev–Trinajstić information content (AvgIpc) is 2.49. The van der Waals surface area contributed by atoms with Crippen LogP contribution in [0.2, 0.25) is 0 Å². The summed E-state index contributed by atoms with van der Waals surface area (Å²) < 4.78 is 2.36. The molecule has 0 N–H and O–H groups in total. The first-order chi connectivity index (χ1) is 6.79. The van der Waals surface area contributed by atoms with Crippen LogP contribution in [-0.4, -0.2) is 23.7 Å². The fourth-order valence-electron chi connectivity index (χ4n) is 1.45. The number of benzene rings is 1. The lowest BCUT2D eigenvalue weighted by atomic mass is 10.3. The second-order valence-electron chi connectivity index (χ2n) is 2.73. The van der Waals surface area contributed by atoms with Gasteiger partial charge in [-0.3, -0.25) is 0 Å². The van der Waals surface area contributed by atoms with Crippen LogP contribution in [0.15, 0.2) is 29.1 Å². The van der Waals surface area contributed by atoms with E-state index in [1.165, 1.54) is 23.7 Å². The molecule has 0 spiro atoms. The highest BCUT2D eigenvalue weighted by Crippen LogP contribution is 2.09. The lowest BCUT2D eigenvalue weighted by Gasteiger charge is -1.97. The molecule has 1 heterocycles. The van der Waals surface area contributed by atoms with Crippen molar-refractivity contribution >= 4 is 11.0 Å². The highest BCUT2D eigenvalue weighted by Gasteiger charge is 2.12. The molecule has 2 aromatic rings. The Hall–Kier alpha value is -1.91. The molecular formula is C9H10N2O3. The van der Waals surface area contributed by atoms with Crippen LogP contribution in [0, 0.1) is 0 Å². The van der Waals surface area contributed by atoms with E-state index in [4.69, 9.17) is 9.68 Å². The standard InChI is InChI=1S/C9H10N2O3/c1-13-10-7-5-3-4-6-8(7)11(14-2)9(10)12/h3-6H,1-2H3. The van der Waals surface area contributed by atoms with E-state index in [1.54, 1.807) is 12.1 Å². The molecule has 0 radical (unpaired) electrons. The first-order valence-corrected chi connectivity index (χ1v) is 4.11. The minimum Gasteiger partial charge on any atom is -0.412 e. The zero-order valence-corrected chi connectivity index (χ0v) is 7.93. The first kappa shape index (κ1) is 8.68. The van der Waals surface area contributed by atoms with E-state index in [9.17, 15) is 4.79 Å². The van der Waals surface area contributed by atoms with Crippen molar-refractivity contribution in [3.63, 3.8) is 0 Å². The Morgan fingerprint density at radius 2 is 1.43 bits per heavy atom. The highest BCUT2D eigenvalue weighted by atomic mass is 16.7. The Balaban J connectivity index is 2.92. The van der Waals surface area contributed by atoms with Crippen LogP contribution >= 0.6 is 0 Å². The summed E-state index contributed by atoms with van der Waals surface area (Å²) in [4.78, 5) is 21.5. The first-order valence-electron chi connectivity index (χ1n) is 4.11. The third-order valence-electron chi connectivity index (χ3n) is 2.03. The van der Waals surface area contributed by atoms with Crippen molar-refractivity contribution in [2.45, 2.75) is 0 Å². The van der Waals surface area contributed by atoms with Crippen LogP contribution in [0.4, 0.5) is 0 Å². The van der Waals surface area contributed by atoms with Gasteiger partial charge in [-0.2, -0.15) is 0 Å². The number of imidazole rings is 1. The molecule has 0 saturated carbocycles. The highest BCUT2D eigenvalue weighted by molar-refractivity contribution is 5.75. The second kappa shape index (κ2) is 3.10. The normalized spacial score (nSPS) is 10.4. The summed E-state index contributed by atoms with van der Waals surface area (Å²) in [6.07, 6.45) is 0. The van der Waals surface area contributed by atoms with Crippen LogP contribution in [0.1, 0.15) is 0 Å². The molecule has 0 amide bonds. The molecule has 1 aromatic carbocycles. The average molecular weight is 194 g/mol. The van der Waals surface area contributed by atoms with Gasteiger partial charge >= 0.3 is 5.69 Å². The van der Waals surface area contributed by atoms with E-state index in [0.717, 1.165) is 0 Å². The number of para-hydroxylation sites is 2. The molecule has 1 aromatic heterocycles. The number of hydrogen-bond donors (Lipinski definition) is 0. The van der Waals surface area contributed by atoms with Crippen molar-refractivity contribution in [2.24, 2.45) is 0 Å². The summed E-state index contributed by atoms with van der Waals surface area (Å²) in [6.45, 7) is 0. The van der Waals surface area contributed by atoms with E-state index in [2.05, 4.69) is 0 Å². The van der Waals surface area contributed by atoms with Crippen LogP contribution in [0.3, 0.4) is 0 Å². The summed E-state index contributed by atoms with van der Waals surface area (Å²) in [7, 11) is 2.88. The molecule has 0 unspecified atom stereocenters. The fourth-order valence-corrected chi connectivity index (χ4v) is 1.45. The third-order valence-corrected chi connectivity index (χ3v) is 2.03. The van der Waals surface area contributed by atoms with Crippen LogP contribution in [-0.2, 0) is 0 Å². The summed E-state index contributed by atoms with van der Waals surface area (Å²) in [5.74, 6) is 0. The van der Waals surface area contributed by atoms with Gasteiger partial charge in [0.2, 0.25) is 0 Å². The zero-order chi connectivity index (χ0) is 10.1. The molecule has 0 atom stereocenters. The number of hydrogen-bond acceptors (Lipinski definition) is 3. The van der Waals surface area contributed by atoms with Crippen molar-refractivity contribution in [3.8, 4) is 0 Å². The Kier molecular flexibility index (Phi) is 1.92. The molecule has 5 nitrogen and oxygen atoms in total. The molecular weight excluding hydrogens is 184 g/mol. The van der Waals surface area contributed by atoms with Gasteiger partial charge in [0.25, 0.3) is 0 Å². The van der Waals surface area contributed by atoms with Gasteiger partial charge in [0, 0.05) is 0 Å². The van der Waals surface area contributed by atoms with Gasteiger partial charge < -0.3 is 9.68 Å². The number of rotatable bonds is 2. The molecule has 0 aliphatic heterocycles. The third kappa shape index (κ3) is 0.985. The van der Waals surface area contributed by atoms with Crippen molar-refractivity contribution in [2.75, 3.05) is 14.2 Å². The fraction of sp³-hybridized carbons (Fsp3) is 0.222. The lowest BCUT2D eigenvalue weighted by molar-refractivity contribution is 0.123. The van der Waals surface area contributed by atoms with Gasteiger partial charge in [-0.15, -0.1) is 9.46 Å². The zero-order valence-electron chi connectivity index (χ0n) is 7.93. The minimum absolute atomic E-state index is 0.351. The quantitative estimate of drug-likeness (QED) is 0.671. The summed E-state index contributed by atoms with van der Waals surface area (Å²) >= 11 is 0. The Labute approximate surface area is 80.0 Å². The van der Waals surface area contributed by atoms with E-state index in [0.29, 0.717) is 11.0 Å². The Bertz CT molecular complexity index is 468. The number of fused-ring (bicyclic) bond motifs is 1. The van der Waals surface area contributed by atoms with Gasteiger partial charge in [0.1, 0.15) is 25.3 Å². The smallest absolute Gasteiger partial charge is 0.395 e. The van der Waals surface area contributed by atoms with E-state index < -0.39 is 0 Å². The van der Waals surface area contributed by atoms with Gasteiger partial charge in [-0.1, -0.05) is 12.1 Å². The molecule has 0 aliphatic rings. The Morgan fingerprint density at radius 1 is 1.00 bits per heavy atom. The van der Waals surface area contributed by atoms with Gasteiger partial charge in [-0.05, 0) is 12.1 Å². The summed E-state index contributed by atoms with van der Waals surface area (Å²) in [5.41, 5.74) is 1.01. The van der Waals surface area contributed by atoms with Crippen molar-refractivity contribution in [1.29, 1.82) is 0 Å². The molecule has 2 rings (SSSR count). The molecule has 14 heavy (non-hydrogen) atoms. The maximum atomic E-state index is 11.6. The van der Waals surface area contributed by atoms with Crippen LogP contribution in [0.5, 0.6) is 0 Å². The molecule has 0 bridgehead atoms. The molecule has 74 valence electrons. The minimum atomic E-state index is -0.351. The number of nitrogens with zero attached hydrogens (tertiary/aromatic N) is 2. The van der Waals surface area contributed by atoms with Gasteiger partial charge in [0.15, 0.2) is 0 Å². The van der Waals surface area contributed by atoms with E-state index >= 15 is 0 Å². The predicted octanol–water partition coefficient (Wildman–Crippen LogP) is -0.0802. The van der Waals surface area contributed by atoms with E-state index in [-0.39, 0.29) is 5.69 Å². The lowest BCUT2D eigenvalue weighted by Crippen LogP contribution is -2.30. The predicted molar refractivity (Wildman–Crippen MR) is 51.2 cm³/mol. The SMILES string of the molecule is COn1c(=O)n(OC)c2ccccc21. The number of aromatic nitrogens is 2. The van der Waals surface area contributed by atoms with Crippen molar-refractivity contribution in [1.82, 2.24) is 9.46 Å². The summed E-state index contributed by atoms with van der Waals surface area (Å²) in [5, 5.41) is 0. The van der Waals surface area contributed by atoms with Crippen molar-refractivity contribution in [3.05, 3.63) is 34.7 Å². The molecule has 5 heteroatoms. The van der Waals surface area contributed by atoms with Crippen LogP contribution < -0.4 is 15.4 Å². The van der Waals surface area contributed by atoms with Gasteiger partial charge in [0.05, 0.1) is 0 Å². The van der Waals surface area contributed by atoms with Crippen LogP contribution in [0.25, 0.3) is 11.0 Å². The maximum Gasteiger partial charge on any atom is 0.395 e. The van der Waals surface area contributed by atoms with E-state index in [1.807, 2.05) is 12.1 Å². The molecule has 0 aliphatic carbocycles. The second-order valence-corrected chi connectivity index (χ2v) is 2.73. The monoisotopic (exact) mass is 194 g/mol. The topological polar surface area (TPSA) is 45.4 Å². The summed E-state index contributed by atoms with van der Waals surface area (Å²) in [6, 6.07) is 7.24. The van der Waals surface area contributed by atoms with Crippen molar-refractivity contribution < 1.29 is 9.68 Å². The largest absolute Gasteiger partial charge is 0.412 e. The maximum absolute atomic E-state index is 11.6. The Morgan fingerprint density at radius 3 is 1.79 bits per heavy atom. The molecule has 0 saturated heterocycles. The molecule has 0 fully saturated rings. The van der Waals surface area contributed by atoms with Gasteiger partial charge in [-0.25, -0.2) is 4.79 Å².